The average molecular weight is 827 g/mol. The second kappa shape index (κ2) is 16.7. The number of amidine groups is 4. The van der Waals surface area contributed by atoms with Gasteiger partial charge in [-0.05, 0) is 24.7 Å². The van der Waals surface area contributed by atoms with E-state index >= 15 is 0 Å². The van der Waals surface area contributed by atoms with Gasteiger partial charge < -0.3 is 8.85 Å². The molecule has 10 rings (SSSR count). The molecule has 0 amide bonds. The molecule has 0 saturated heterocycles. The van der Waals surface area contributed by atoms with E-state index in [1.165, 1.54) is 38.5 Å². The number of fused-ring (bicyclic) bond motifs is 14. The summed E-state index contributed by atoms with van der Waals surface area (Å²) in [5.74, 6) is 4.30. The van der Waals surface area contributed by atoms with Crippen LogP contribution in [0.15, 0.2) is 127 Å². The van der Waals surface area contributed by atoms with E-state index in [-0.39, 0.29) is 11.8 Å². The van der Waals surface area contributed by atoms with Crippen molar-refractivity contribution in [2.24, 2.45) is 41.8 Å². The van der Waals surface area contributed by atoms with Gasteiger partial charge in [0.05, 0.1) is 0 Å². The van der Waals surface area contributed by atoms with Crippen LogP contribution in [-0.4, -0.2) is 53.9 Å². The van der Waals surface area contributed by atoms with Crippen LogP contribution >= 0.6 is 0 Å². The molecule has 4 aromatic carbocycles. The molecule has 0 N–H and O–H groups in total. The van der Waals surface area contributed by atoms with Crippen molar-refractivity contribution in [1.82, 2.24) is 8.47 Å². The molecule has 0 spiro atoms. The number of rotatable bonds is 16. The van der Waals surface area contributed by atoms with Gasteiger partial charge in [0.15, 0.2) is 23.3 Å². The Kier molecular flexibility index (Phi) is 10.8. The monoisotopic (exact) mass is 826 g/mol. The minimum atomic E-state index is -4.12. The quantitative estimate of drug-likeness (QED) is 0.0716. The van der Waals surface area contributed by atoms with E-state index in [4.69, 9.17) is 38.8 Å². The van der Waals surface area contributed by atoms with Crippen molar-refractivity contribution < 1.29 is 8.85 Å². The predicted molar refractivity (Wildman–Crippen MR) is 249 cm³/mol. The fourth-order valence-corrected chi connectivity index (χ4v) is 12.8. The van der Waals surface area contributed by atoms with Crippen LogP contribution in [0.4, 0.5) is 11.6 Å². The first kappa shape index (κ1) is 39.5. The topological polar surface area (TPSA) is 102 Å². The van der Waals surface area contributed by atoms with Crippen molar-refractivity contribution in [1.29, 1.82) is 0 Å². The Balaban J connectivity index is 1.34. The predicted octanol–water partition coefficient (Wildman–Crippen LogP) is 10.6. The van der Waals surface area contributed by atoms with Crippen LogP contribution < -0.4 is 11.0 Å². The lowest BCUT2D eigenvalue weighted by atomic mass is 10.0. The van der Waals surface area contributed by atoms with Crippen LogP contribution in [0.1, 0.15) is 114 Å². The molecule has 10 nitrogen and oxygen atoms in total. The first-order valence-electron chi connectivity index (χ1n) is 22.5. The molecule has 0 aliphatic carbocycles. The fraction of sp³-hybridized carbons (Fsp3) is 0.360. The molecule has 11 heteroatoms. The van der Waals surface area contributed by atoms with Gasteiger partial charge in [0.2, 0.25) is 0 Å². The van der Waals surface area contributed by atoms with Gasteiger partial charge in [-0.1, -0.05) is 176 Å². The van der Waals surface area contributed by atoms with Gasteiger partial charge in [-0.3, -0.25) is 8.47 Å². The maximum atomic E-state index is 7.82. The van der Waals surface area contributed by atoms with Crippen molar-refractivity contribution in [3.8, 4) is 0 Å². The maximum absolute atomic E-state index is 7.82. The first-order chi connectivity index (χ1) is 30.0. The van der Waals surface area contributed by atoms with Gasteiger partial charge in [0, 0.05) is 57.0 Å². The molecule has 0 radical (unpaired) electrons. The highest BCUT2D eigenvalue weighted by molar-refractivity contribution is 6.66. The standard InChI is InChI=1S/C50H54N8O2Si/c1-5-7-9-11-21-33(3)31-59-61(60-32-34(4)22-12-10-8-6-2)57-47-39-27-17-18-28-40(39)49(57)55-45-37-25-15-16-26-38(37)46(52-45)56-50-42-30-20-19-29-41(42)48(58(50)61)54-44-36-24-14-13-23-35(36)43(51-44)53-47/h13-20,23-30,33-34H,5-12,21-22,31-32H2,1-4H3. The summed E-state index contributed by atoms with van der Waals surface area (Å²) in [6, 6.07) is 33.4. The van der Waals surface area contributed by atoms with Gasteiger partial charge in [-0.15, -0.1) is 0 Å². The van der Waals surface area contributed by atoms with E-state index in [9.17, 15) is 0 Å². The number of unbranched alkanes of at least 4 members (excludes halogenated alkanes) is 6. The Morgan fingerprint density at radius 3 is 1.23 bits per heavy atom. The highest BCUT2D eigenvalue weighted by Gasteiger charge is 2.53. The molecule has 2 atom stereocenters. The molecule has 0 saturated carbocycles. The molecule has 4 aliphatic rings. The van der Waals surface area contributed by atoms with E-state index in [1.54, 1.807) is 0 Å². The normalized spacial score (nSPS) is 18.0. The third-order valence-electron chi connectivity index (χ3n) is 12.5. The summed E-state index contributed by atoms with van der Waals surface area (Å²) in [6.07, 6.45) is 11.7. The number of benzene rings is 4. The van der Waals surface area contributed by atoms with Gasteiger partial charge >= 0.3 is 8.88 Å². The molecular weight excluding hydrogens is 773 g/mol. The SMILES string of the molecule is CCCCCCC(C)CO[Si]1(OCC(C)CCCCCC)n2c3c4ccccc4c2N=C2N=C(N=c4c5ccccc5c(n41)=NC1=NC(=N3)c3ccccc31)c1ccccc12. The van der Waals surface area contributed by atoms with Crippen molar-refractivity contribution in [3.05, 3.63) is 130 Å². The highest BCUT2D eigenvalue weighted by Crippen LogP contribution is 2.44. The largest absolute Gasteiger partial charge is 0.603 e. The van der Waals surface area contributed by atoms with Crippen molar-refractivity contribution >= 4 is 65.4 Å². The summed E-state index contributed by atoms with van der Waals surface area (Å²) in [4.78, 5) is 32.8. The van der Waals surface area contributed by atoms with Gasteiger partial charge in [0.25, 0.3) is 0 Å². The summed E-state index contributed by atoms with van der Waals surface area (Å²) < 4.78 is 20.1. The highest BCUT2D eigenvalue weighted by atomic mass is 28.4. The lowest BCUT2D eigenvalue weighted by Gasteiger charge is -2.35. The van der Waals surface area contributed by atoms with Gasteiger partial charge in [0.1, 0.15) is 22.6 Å². The molecule has 2 aromatic heterocycles. The third kappa shape index (κ3) is 6.96. The van der Waals surface area contributed by atoms with E-state index in [0.29, 0.717) is 59.2 Å². The number of aromatic nitrogens is 2. The van der Waals surface area contributed by atoms with Crippen LogP contribution in [0.5, 0.6) is 0 Å². The minimum absolute atomic E-state index is 0.259. The molecular formula is C50H54N8O2Si. The number of hydrogen-bond donors (Lipinski definition) is 0. The van der Waals surface area contributed by atoms with Crippen LogP contribution in [0.25, 0.3) is 21.5 Å². The van der Waals surface area contributed by atoms with Crippen molar-refractivity contribution in [2.45, 2.75) is 91.9 Å². The first-order valence-corrected chi connectivity index (χ1v) is 24.2. The van der Waals surface area contributed by atoms with Crippen LogP contribution in [-0.2, 0) is 8.85 Å². The molecule has 4 aliphatic heterocycles. The fourth-order valence-electron chi connectivity index (χ4n) is 9.24. The molecule has 0 fully saturated rings. The van der Waals surface area contributed by atoms with Crippen LogP contribution in [0.2, 0.25) is 0 Å². The van der Waals surface area contributed by atoms with Gasteiger partial charge in [-0.25, -0.2) is 30.0 Å². The zero-order chi connectivity index (χ0) is 41.5. The van der Waals surface area contributed by atoms with E-state index < -0.39 is 8.88 Å². The second-order valence-corrected chi connectivity index (χ2v) is 19.8. The number of aliphatic imine (C=N–C) groups is 4. The maximum Gasteiger partial charge on any atom is 0.603 e. The Hall–Kier alpha value is -5.62. The van der Waals surface area contributed by atoms with E-state index in [0.717, 1.165) is 69.5 Å². The zero-order valence-electron chi connectivity index (χ0n) is 35.8. The van der Waals surface area contributed by atoms with E-state index in [2.05, 4.69) is 109 Å². The molecule has 6 heterocycles. The van der Waals surface area contributed by atoms with E-state index in [1.807, 2.05) is 24.3 Å². The number of hydrogen-bond acceptors (Lipinski definition) is 8. The summed E-state index contributed by atoms with van der Waals surface area (Å²) in [6.45, 7) is 10.1. The number of nitrogens with zero attached hydrogens (tertiary/aromatic N) is 8. The summed E-state index contributed by atoms with van der Waals surface area (Å²) in [5.41, 5.74) is 5.10. The molecule has 6 aromatic rings. The third-order valence-corrected chi connectivity index (χ3v) is 15.6. The molecule has 61 heavy (non-hydrogen) atoms. The second-order valence-electron chi connectivity index (χ2n) is 17.2. The zero-order valence-corrected chi connectivity index (χ0v) is 36.8. The lowest BCUT2D eigenvalue weighted by molar-refractivity contribution is 0.111. The van der Waals surface area contributed by atoms with Crippen LogP contribution in [0.3, 0.4) is 0 Å². The smallest absolute Gasteiger partial charge is 0.361 e. The summed E-state index contributed by atoms with van der Waals surface area (Å²) in [5, 5.41) is 3.74. The molecule has 6 bridgehead atoms. The molecule has 2 unspecified atom stereocenters. The Morgan fingerprint density at radius 1 is 0.443 bits per heavy atom. The van der Waals surface area contributed by atoms with Crippen molar-refractivity contribution in [2.75, 3.05) is 13.2 Å². The van der Waals surface area contributed by atoms with Gasteiger partial charge in [-0.2, -0.15) is 0 Å². The Bertz CT molecular complexity index is 2730. The minimum Gasteiger partial charge on any atom is -0.361 e. The Labute approximate surface area is 358 Å². The van der Waals surface area contributed by atoms with Crippen LogP contribution in [0, 0.1) is 11.8 Å². The van der Waals surface area contributed by atoms with Crippen molar-refractivity contribution in [3.63, 3.8) is 0 Å². The molecule has 310 valence electrons. The lowest BCUT2D eigenvalue weighted by Crippen LogP contribution is -2.64. The summed E-state index contributed by atoms with van der Waals surface area (Å²) >= 11 is 0. The Morgan fingerprint density at radius 2 is 0.820 bits per heavy atom. The average Bonchev–Trinajstić information content (AvgIpc) is 4.01. The summed E-state index contributed by atoms with van der Waals surface area (Å²) in [7, 11) is -4.12.